The summed E-state index contributed by atoms with van der Waals surface area (Å²) in [5.74, 6) is -0.102. The van der Waals surface area contributed by atoms with Crippen LogP contribution in [0.25, 0.3) is 5.69 Å². The summed E-state index contributed by atoms with van der Waals surface area (Å²) in [4.78, 5) is 18.2. The summed E-state index contributed by atoms with van der Waals surface area (Å²) < 4.78 is 2.19. The van der Waals surface area contributed by atoms with Crippen LogP contribution in [0.1, 0.15) is 30.4 Å². The lowest BCUT2D eigenvalue weighted by molar-refractivity contribution is -0.114. The van der Waals surface area contributed by atoms with Crippen molar-refractivity contribution >= 4 is 34.6 Å². The molecule has 1 saturated heterocycles. The second-order valence-electron chi connectivity index (χ2n) is 7.86. The third kappa shape index (κ3) is 4.10. The highest BCUT2D eigenvalue weighted by Gasteiger charge is 2.42. The van der Waals surface area contributed by atoms with Crippen LogP contribution < -0.4 is 15.5 Å². The molecule has 1 aliphatic rings. The Morgan fingerprint density at radius 1 is 0.939 bits per heavy atom. The van der Waals surface area contributed by atoms with E-state index < -0.39 is 0 Å². The van der Waals surface area contributed by atoms with Gasteiger partial charge >= 0.3 is 0 Å². The number of nitrogens with one attached hydrogen (secondary N) is 2. The Balaban J connectivity index is 1.61. The molecule has 5 rings (SSSR count). The smallest absolute Gasteiger partial charge is 0.221 e. The highest BCUT2D eigenvalue weighted by Crippen LogP contribution is 2.42. The van der Waals surface area contributed by atoms with E-state index >= 15 is 0 Å². The normalized spacial score (nSPS) is 17.6. The van der Waals surface area contributed by atoms with Gasteiger partial charge in [-0.25, -0.2) is 0 Å². The van der Waals surface area contributed by atoms with Gasteiger partial charge in [0.25, 0.3) is 0 Å². The van der Waals surface area contributed by atoms with Crippen LogP contribution in [-0.2, 0) is 4.79 Å². The van der Waals surface area contributed by atoms with E-state index in [1.165, 1.54) is 6.92 Å². The van der Waals surface area contributed by atoms with E-state index in [-0.39, 0.29) is 18.0 Å². The van der Waals surface area contributed by atoms with Crippen molar-refractivity contribution in [1.82, 2.24) is 14.9 Å². The Bertz CT molecular complexity index is 1270. The van der Waals surface area contributed by atoms with Gasteiger partial charge in [0.05, 0.1) is 11.7 Å². The molecule has 2 N–H and O–H groups in total. The number of thiocarbonyl (C=S) groups is 1. The molecule has 0 aliphatic carbocycles. The van der Waals surface area contributed by atoms with Crippen LogP contribution in [-0.4, -0.2) is 20.6 Å². The predicted octanol–water partition coefficient (Wildman–Crippen LogP) is 5.01. The quantitative estimate of drug-likeness (QED) is 0.416. The SMILES string of the molecule is CC(=O)Nc1ccc(N2C(=S)N[C@H](c3ccccn3)[C@H]2c2cccn2-c2ccccc2)cc1. The van der Waals surface area contributed by atoms with Crippen molar-refractivity contribution in [2.75, 3.05) is 10.2 Å². The van der Waals surface area contributed by atoms with E-state index in [1.54, 1.807) is 6.20 Å². The monoisotopic (exact) mass is 453 g/mol. The van der Waals surface area contributed by atoms with Crippen LogP contribution in [0.2, 0.25) is 0 Å². The standard InChI is InChI=1S/C26H23N5OS/c1-18(32)28-19-12-14-21(15-13-19)31-25(24(29-26(31)33)22-10-5-6-16-27-22)23-11-7-17-30(23)20-8-3-2-4-9-20/h2-17,24-25H,1H3,(H,28,32)(H,29,33)/t24-,25-/m1/s1. The number of benzene rings is 2. The van der Waals surface area contributed by atoms with Crippen molar-refractivity contribution in [2.45, 2.75) is 19.0 Å². The first-order valence-electron chi connectivity index (χ1n) is 10.7. The number of nitrogens with zero attached hydrogens (tertiary/aromatic N) is 3. The van der Waals surface area contributed by atoms with Gasteiger partial charge in [-0.1, -0.05) is 24.3 Å². The molecule has 3 heterocycles. The molecule has 1 aliphatic heterocycles. The zero-order valence-corrected chi connectivity index (χ0v) is 18.9. The molecule has 1 fully saturated rings. The van der Waals surface area contributed by atoms with Crippen LogP contribution in [0.15, 0.2) is 97.3 Å². The van der Waals surface area contributed by atoms with Crippen LogP contribution in [0.3, 0.4) is 0 Å². The Kier molecular flexibility index (Phi) is 5.62. The number of rotatable bonds is 5. The maximum Gasteiger partial charge on any atom is 0.221 e. The highest BCUT2D eigenvalue weighted by molar-refractivity contribution is 7.80. The molecular weight excluding hydrogens is 430 g/mol. The van der Waals surface area contributed by atoms with E-state index in [0.29, 0.717) is 5.11 Å². The summed E-state index contributed by atoms with van der Waals surface area (Å²) in [6, 6.07) is 27.8. The molecule has 1 amide bonds. The van der Waals surface area contributed by atoms with Gasteiger partial charge in [0, 0.05) is 42.1 Å². The zero-order chi connectivity index (χ0) is 22.8. The fraction of sp³-hybridized carbons (Fsp3) is 0.115. The molecule has 0 bridgehead atoms. The molecule has 0 unspecified atom stereocenters. The summed E-state index contributed by atoms with van der Waals surface area (Å²) in [7, 11) is 0. The van der Waals surface area contributed by atoms with Gasteiger partial charge in [0.2, 0.25) is 5.91 Å². The van der Waals surface area contributed by atoms with E-state index in [9.17, 15) is 4.79 Å². The Hall–Kier alpha value is -3.97. The molecule has 7 heteroatoms. The molecule has 2 aromatic heterocycles. The van der Waals surface area contributed by atoms with Crippen molar-refractivity contribution in [3.63, 3.8) is 0 Å². The number of para-hydroxylation sites is 1. The van der Waals surface area contributed by atoms with Crippen LogP contribution in [0, 0.1) is 0 Å². The molecule has 0 saturated carbocycles. The average molecular weight is 454 g/mol. The topological polar surface area (TPSA) is 62.2 Å². The molecule has 4 aromatic rings. The maximum absolute atomic E-state index is 11.4. The first-order chi connectivity index (χ1) is 16.1. The lowest BCUT2D eigenvalue weighted by Crippen LogP contribution is -2.30. The minimum Gasteiger partial charge on any atom is -0.351 e. The van der Waals surface area contributed by atoms with E-state index in [2.05, 4.69) is 55.5 Å². The third-order valence-corrected chi connectivity index (χ3v) is 6.00. The van der Waals surface area contributed by atoms with Crippen molar-refractivity contribution < 1.29 is 4.79 Å². The minimum absolute atomic E-state index is 0.102. The molecule has 2 atom stereocenters. The second kappa shape index (κ2) is 8.88. The number of hydrogen-bond donors (Lipinski definition) is 2. The van der Waals surface area contributed by atoms with Gasteiger partial charge < -0.3 is 20.1 Å². The van der Waals surface area contributed by atoms with Gasteiger partial charge in [-0.2, -0.15) is 0 Å². The zero-order valence-electron chi connectivity index (χ0n) is 18.1. The number of carbonyl (C=O) groups is 1. The van der Waals surface area contributed by atoms with E-state index in [1.807, 2.05) is 60.7 Å². The highest BCUT2D eigenvalue weighted by atomic mass is 32.1. The van der Waals surface area contributed by atoms with Crippen molar-refractivity contribution in [1.29, 1.82) is 0 Å². The number of aromatic nitrogens is 2. The van der Waals surface area contributed by atoms with Gasteiger partial charge in [-0.05, 0) is 72.9 Å². The van der Waals surface area contributed by atoms with Crippen LogP contribution in [0.4, 0.5) is 11.4 Å². The fourth-order valence-corrected chi connectivity index (χ4v) is 4.65. The summed E-state index contributed by atoms with van der Waals surface area (Å²) in [5.41, 5.74) is 4.77. The van der Waals surface area contributed by atoms with Crippen LogP contribution in [0.5, 0.6) is 0 Å². The molecule has 0 radical (unpaired) electrons. The second-order valence-corrected chi connectivity index (χ2v) is 8.25. The lowest BCUT2D eigenvalue weighted by atomic mass is 10.0. The first-order valence-corrected chi connectivity index (χ1v) is 11.1. The number of hydrogen-bond acceptors (Lipinski definition) is 3. The third-order valence-electron chi connectivity index (χ3n) is 5.68. The predicted molar refractivity (Wildman–Crippen MR) is 134 cm³/mol. The van der Waals surface area contributed by atoms with Crippen LogP contribution >= 0.6 is 12.2 Å². The summed E-state index contributed by atoms with van der Waals surface area (Å²) >= 11 is 5.82. The van der Waals surface area contributed by atoms with Gasteiger partial charge in [-0.15, -0.1) is 0 Å². The van der Waals surface area contributed by atoms with Gasteiger partial charge in [-0.3, -0.25) is 9.78 Å². The fourth-order valence-electron chi connectivity index (χ4n) is 4.30. The molecule has 6 nitrogen and oxygen atoms in total. The summed E-state index contributed by atoms with van der Waals surface area (Å²) in [6.45, 7) is 1.50. The number of pyridine rings is 1. The maximum atomic E-state index is 11.4. The first kappa shape index (κ1) is 20.9. The van der Waals surface area contributed by atoms with Crippen molar-refractivity contribution in [3.05, 3.63) is 109 Å². The number of anilines is 2. The van der Waals surface area contributed by atoms with E-state index in [0.717, 1.165) is 28.5 Å². The summed E-state index contributed by atoms with van der Waals surface area (Å²) in [5, 5.41) is 6.94. The van der Waals surface area contributed by atoms with Crippen molar-refractivity contribution in [2.24, 2.45) is 0 Å². The van der Waals surface area contributed by atoms with Crippen molar-refractivity contribution in [3.8, 4) is 5.69 Å². The average Bonchev–Trinajstić information content (AvgIpc) is 3.45. The van der Waals surface area contributed by atoms with E-state index in [4.69, 9.17) is 12.2 Å². The minimum atomic E-state index is -0.133. The Labute approximate surface area is 197 Å². The Morgan fingerprint density at radius 3 is 2.39 bits per heavy atom. The molecule has 2 aromatic carbocycles. The summed E-state index contributed by atoms with van der Waals surface area (Å²) in [6.07, 6.45) is 3.87. The number of carbonyl (C=O) groups excluding carboxylic acids is 1. The molecule has 164 valence electrons. The van der Waals surface area contributed by atoms with Gasteiger partial charge in [0.15, 0.2) is 5.11 Å². The Morgan fingerprint density at radius 2 is 1.70 bits per heavy atom. The largest absolute Gasteiger partial charge is 0.351 e. The molecule has 0 spiro atoms. The molecular formula is C26H23N5OS. The lowest BCUT2D eigenvalue weighted by Gasteiger charge is -2.29. The van der Waals surface area contributed by atoms with Gasteiger partial charge in [0.1, 0.15) is 6.04 Å². The molecule has 33 heavy (non-hydrogen) atoms. The number of amides is 1.